The largest absolute Gasteiger partial charge is 0.460 e. The van der Waals surface area contributed by atoms with Gasteiger partial charge in [-0.2, -0.15) is 5.10 Å². The molecule has 170 valence electrons. The number of rotatable bonds is 8. The first-order valence-electron chi connectivity index (χ1n) is 11.3. The highest BCUT2D eigenvalue weighted by Gasteiger charge is 2.23. The first-order valence-corrected chi connectivity index (χ1v) is 11.3. The standard InChI is InChI=1S/C26H27FN4O2/c1-19-10-11-25(33-19)26-20(16-31(29-26)23-8-4-6-21(27)14-23)15-30(18-24-9-5-13-32-24)17-22-7-2-3-12-28-22/h2-4,6-8,10-12,14,16,24H,5,9,13,15,17-18H2,1H3. The Morgan fingerprint density at radius 3 is 2.79 bits per heavy atom. The fraction of sp³-hybridized carbons (Fsp3) is 0.308. The van der Waals surface area contributed by atoms with Crippen molar-refractivity contribution in [1.29, 1.82) is 0 Å². The average Bonchev–Trinajstić information content (AvgIpc) is 3.56. The Bertz CT molecular complexity index is 1200. The van der Waals surface area contributed by atoms with E-state index in [-0.39, 0.29) is 11.9 Å². The summed E-state index contributed by atoms with van der Waals surface area (Å²) in [5.74, 6) is 1.23. The summed E-state index contributed by atoms with van der Waals surface area (Å²) >= 11 is 0. The van der Waals surface area contributed by atoms with E-state index >= 15 is 0 Å². The lowest BCUT2D eigenvalue weighted by atomic mass is 10.1. The van der Waals surface area contributed by atoms with Crippen molar-refractivity contribution in [3.63, 3.8) is 0 Å². The summed E-state index contributed by atoms with van der Waals surface area (Å²) in [5.41, 5.74) is 3.43. The third-order valence-corrected chi connectivity index (χ3v) is 5.83. The van der Waals surface area contributed by atoms with Gasteiger partial charge < -0.3 is 9.15 Å². The smallest absolute Gasteiger partial charge is 0.154 e. The van der Waals surface area contributed by atoms with Crippen molar-refractivity contribution < 1.29 is 13.5 Å². The van der Waals surface area contributed by atoms with Crippen LogP contribution in [0.2, 0.25) is 0 Å². The lowest BCUT2D eigenvalue weighted by molar-refractivity contribution is 0.0675. The zero-order chi connectivity index (χ0) is 22.6. The molecule has 1 aliphatic heterocycles. The molecule has 1 fully saturated rings. The number of hydrogen-bond acceptors (Lipinski definition) is 5. The Balaban J connectivity index is 1.49. The van der Waals surface area contributed by atoms with Crippen LogP contribution in [0.1, 0.15) is 29.9 Å². The van der Waals surface area contributed by atoms with E-state index in [0.29, 0.717) is 24.5 Å². The highest BCUT2D eigenvalue weighted by Crippen LogP contribution is 2.28. The van der Waals surface area contributed by atoms with Gasteiger partial charge in [0.2, 0.25) is 0 Å². The van der Waals surface area contributed by atoms with E-state index in [1.807, 2.05) is 55.7 Å². The molecule has 0 radical (unpaired) electrons. The van der Waals surface area contributed by atoms with Gasteiger partial charge in [-0.25, -0.2) is 9.07 Å². The van der Waals surface area contributed by atoms with Crippen molar-refractivity contribution >= 4 is 0 Å². The first-order chi connectivity index (χ1) is 16.1. The van der Waals surface area contributed by atoms with Crippen LogP contribution in [0.15, 0.2) is 71.4 Å². The molecule has 5 rings (SSSR count). The highest BCUT2D eigenvalue weighted by atomic mass is 19.1. The molecule has 0 N–H and O–H groups in total. The fourth-order valence-corrected chi connectivity index (χ4v) is 4.27. The molecule has 6 nitrogen and oxygen atoms in total. The number of halogens is 1. The van der Waals surface area contributed by atoms with Crippen LogP contribution in [0.25, 0.3) is 17.1 Å². The number of benzene rings is 1. The first kappa shape index (κ1) is 21.6. The van der Waals surface area contributed by atoms with Crippen molar-refractivity contribution in [2.75, 3.05) is 13.2 Å². The number of aryl methyl sites for hydroxylation is 1. The monoisotopic (exact) mass is 446 g/mol. The van der Waals surface area contributed by atoms with Gasteiger partial charge in [0.25, 0.3) is 0 Å². The van der Waals surface area contributed by atoms with Gasteiger partial charge in [0.15, 0.2) is 5.76 Å². The van der Waals surface area contributed by atoms with Crippen molar-refractivity contribution in [2.24, 2.45) is 0 Å². The summed E-state index contributed by atoms with van der Waals surface area (Å²) in [6.45, 7) is 4.87. The van der Waals surface area contributed by atoms with Crippen molar-refractivity contribution in [3.8, 4) is 17.1 Å². The maximum atomic E-state index is 13.9. The van der Waals surface area contributed by atoms with Crippen LogP contribution in [0, 0.1) is 12.7 Å². The maximum absolute atomic E-state index is 13.9. The quantitative estimate of drug-likeness (QED) is 0.374. The topological polar surface area (TPSA) is 56.3 Å². The van der Waals surface area contributed by atoms with E-state index in [1.165, 1.54) is 12.1 Å². The molecule has 0 bridgehead atoms. The molecule has 1 unspecified atom stereocenters. The summed E-state index contributed by atoms with van der Waals surface area (Å²) in [4.78, 5) is 6.86. The van der Waals surface area contributed by atoms with Gasteiger partial charge in [-0.3, -0.25) is 9.88 Å². The molecule has 7 heteroatoms. The third-order valence-electron chi connectivity index (χ3n) is 5.83. The van der Waals surface area contributed by atoms with E-state index in [2.05, 4.69) is 9.88 Å². The van der Waals surface area contributed by atoms with Crippen LogP contribution in [-0.4, -0.2) is 38.9 Å². The van der Waals surface area contributed by atoms with Crippen LogP contribution < -0.4 is 0 Å². The zero-order valence-corrected chi connectivity index (χ0v) is 18.7. The number of ether oxygens (including phenoxy) is 1. The average molecular weight is 447 g/mol. The maximum Gasteiger partial charge on any atom is 0.154 e. The van der Waals surface area contributed by atoms with Crippen molar-refractivity contribution in [2.45, 2.75) is 39.0 Å². The van der Waals surface area contributed by atoms with Gasteiger partial charge in [0.05, 0.1) is 17.5 Å². The molecule has 0 saturated carbocycles. The fourth-order valence-electron chi connectivity index (χ4n) is 4.27. The third kappa shape index (κ3) is 5.21. The number of aromatic nitrogens is 3. The molecule has 0 amide bonds. The number of furan rings is 1. The Kier molecular flexibility index (Phi) is 6.32. The van der Waals surface area contributed by atoms with E-state index < -0.39 is 0 Å². The van der Waals surface area contributed by atoms with Crippen LogP contribution in [0.4, 0.5) is 4.39 Å². The summed E-state index contributed by atoms with van der Waals surface area (Å²) in [7, 11) is 0. The second kappa shape index (κ2) is 9.68. The molecule has 1 atom stereocenters. The van der Waals surface area contributed by atoms with Gasteiger partial charge >= 0.3 is 0 Å². The van der Waals surface area contributed by atoms with Gasteiger partial charge in [0, 0.05) is 44.2 Å². The molecule has 33 heavy (non-hydrogen) atoms. The molecular formula is C26H27FN4O2. The highest BCUT2D eigenvalue weighted by molar-refractivity contribution is 5.58. The minimum absolute atomic E-state index is 0.210. The van der Waals surface area contributed by atoms with Gasteiger partial charge in [-0.15, -0.1) is 0 Å². The summed E-state index contributed by atoms with van der Waals surface area (Å²) in [5, 5.41) is 4.78. The number of pyridine rings is 1. The minimum atomic E-state index is -0.296. The van der Waals surface area contributed by atoms with E-state index in [4.69, 9.17) is 14.3 Å². The lowest BCUT2D eigenvalue weighted by Gasteiger charge is -2.24. The molecule has 0 spiro atoms. The predicted molar refractivity (Wildman–Crippen MR) is 123 cm³/mol. The van der Waals surface area contributed by atoms with E-state index in [0.717, 1.165) is 48.7 Å². The van der Waals surface area contributed by atoms with Gasteiger partial charge in [0.1, 0.15) is 17.3 Å². The molecule has 4 aromatic rings. The molecule has 1 saturated heterocycles. The Labute approximate surface area is 192 Å². The van der Waals surface area contributed by atoms with E-state index in [9.17, 15) is 4.39 Å². The zero-order valence-electron chi connectivity index (χ0n) is 18.7. The van der Waals surface area contributed by atoms with Gasteiger partial charge in [-0.1, -0.05) is 12.1 Å². The van der Waals surface area contributed by atoms with Crippen LogP contribution in [0.3, 0.4) is 0 Å². The van der Waals surface area contributed by atoms with Crippen molar-refractivity contribution in [1.82, 2.24) is 19.7 Å². The summed E-state index contributed by atoms with van der Waals surface area (Å²) < 4.78 is 27.4. The normalized spacial score (nSPS) is 16.0. The van der Waals surface area contributed by atoms with Gasteiger partial charge in [-0.05, 0) is 62.2 Å². The molecular weight excluding hydrogens is 419 g/mol. The Morgan fingerprint density at radius 1 is 1.12 bits per heavy atom. The molecule has 4 heterocycles. The predicted octanol–water partition coefficient (Wildman–Crippen LogP) is 5.16. The molecule has 1 aliphatic rings. The van der Waals surface area contributed by atoms with Crippen LogP contribution >= 0.6 is 0 Å². The Hall–Kier alpha value is -3.29. The summed E-state index contributed by atoms with van der Waals surface area (Å²) in [6.07, 6.45) is 6.14. The number of nitrogens with zero attached hydrogens (tertiary/aromatic N) is 4. The number of hydrogen-bond donors (Lipinski definition) is 0. The molecule has 1 aromatic carbocycles. The second-order valence-electron chi connectivity index (χ2n) is 8.46. The van der Waals surface area contributed by atoms with Crippen LogP contribution in [-0.2, 0) is 17.8 Å². The molecule has 0 aliphatic carbocycles. The van der Waals surface area contributed by atoms with E-state index in [1.54, 1.807) is 10.7 Å². The summed E-state index contributed by atoms with van der Waals surface area (Å²) in [6, 6.07) is 16.3. The van der Waals surface area contributed by atoms with Crippen molar-refractivity contribution in [3.05, 3.63) is 89.8 Å². The van der Waals surface area contributed by atoms with Crippen LogP contribution in [0.5, 0.6) is 0 Å². The minimum Gasteiger partial charge on any atom is -0.460 e. The second-order valence-corrected chi connectivity index (χ2v) is 8.46. The lowest BCUT2D eigenvalue weighted by Crippen LogP contribution is -2.31. The SMILES string of the molecule is Cc1ccc(-c2nn(-c3cccc(F)c3)cc2CN(Cc2ccccn2)CC2CCCO2)o1. The Morgan fingerprint density at radius 2 is 2.06 bits per heavy atom. The molecule has 3 aromatic heterocycles.